The van der Waals surface area contributed by atoms with Crippen molar-refractivity contribution < 1.29 is 0 Å². The van der Waals surface area contributed by atoms with E-state index in [0.717, 1.165) is 5.33 Å². The van der Waals surface area contributed by atoms with Crippen LogP contribution in [0.15, 0.2) is 48.5 Å². The predicted octanol–water partition coefficient (Wildman–Crippen LogP) is 5.59. The lowest BCUT2D eigenvalue weighted by molar-refractivity contribution is 0.795. The third kappa shape index (κ3) is 3.46. The zero-order chi connectivity index (χ0) is 12.8. The molecule has 0 atom stereocenters. The van der Waals surface area contributed by atoms with Gasteiger partial charge in [0.25, 0.3) is 0 Å². The van der Waals surface area contributed by atoms with Crippen LogP contribution < -0.4 is 0 Å². The highest BCUT2D eigenvalue weighted by atomic mass is 79.9. The van der Waals surface area contributed by atoms with Crippen molar-refractivity contribution in [2.24, 2.45) is 0 Å². The number of hydrogen-bond acceptors (Lipinski definition) is 0. The Kier molecular flexibility index (Phi) is 5.00. The van der Waals surface area contributed by atoms with Crippen LogP contribution in [-0.2, 0) is 11.8 Å². The molecule has 94 valence electrons. The van der Waals surface area contributed by atoms with Crippen LogP contribution in [0.3, 0.4) is 0 Å². The van der Waals surface area contributed by atoms with E-state index in [2.05, 4.69) is 71.4 Å². The van der Waals surface area contributed by atoms with E-state index >= 15 is 0 Å². The molecule has 0 aliphatic heterocycles. The van der Waals surface area contributed by atoms with Crippen molar-refractivity contribution in [3.05, 3.63) is 59.7 Å². The van der Waals surface area contributed by atoms with Gasteiger partial charge in [0.2, 0.25) is 0 Å². The number of benzene rings is 2. The van der Waals surface area contributed by atoms with Crippen LogP contribution in [-0.4, -0.2) is 0 Å². The Balaban J connectivity index is 2.12. The van der Waals surface area contributed by atoms with E-state index in [1.54, 1.807) is 0 Å². The number of alkyl halides is 1. The van der Waals surface area contributed by atoms with Crippen molar-refractivity contribution in [1.82, 2.24) is 0 Å². The molecule has 0 aliphatic rings. The minimum absolute atomic E-state index is 0.920. The monoisotopic (exact) mass is 302 g/mol. The summed E-state index contributed by atoms with van der Waals surface area (Å²) in [6, 6.07) is 17.7. The van der Waals surface area contributed by atoms with Gasteiger partial charge in [-0.1, -0.05) is 77.8 Å². The molecule has 0 aliphatic carbocycles. The van der Waals surface area contributed by atoms with Gasteiger partial charge in [0.15, 0.2) is 0 Å². The summed E-state index contributed by atoms with van der Waals surface area (Å²) < 4.78 is 0. The summed E-state index contributed by atoms with van der Waals surface area (Å²) >= 11 is 3.47. The lowest BCUT2D eigenvalue weighted by atomic mass is 10.0. The van der Waals surface area contributed by atoms with Gasteiger partial charge >= 0.3 is 0 Å². The summed E-state index contributed by atoms with van der Waals surface area (Å²) in [5.74, 6) is 0. The fraction of sp³-hybridized carbons (Fsp3) is 0.294. The molecule has 2 aromatic rings. The smallest absolute Gasteiger partial charge is 0.0283 e. The van der Waals surface area contributed by atoms with Crippen molar-refractivity contribution in [2.75, 3.05) is 0 Å². The first kappa shape index (κ1) is 13.4. The molecule has 0 saturated heterocycles. The summed E-state index contributed by atoms with van der Waals surface area (Å²) in [6.07, 6.45) is 3.73. The van der Waals surface area contributed by atoms with Gasteiger partial charge in [-0.2, -0.15) is 0 Å². The van der Waals surface area contributed by atoms with E-state index < -0.39 is 0 Å². The minimum atomic E-state index is 0.920. The van der Waals surface area contributed by atoms with Crippen molar-refractivity contribution in [3.63, 3.8) is 0 Å². The number of halogens is 1. The zero-order valence-corrected chi connectivity index (χ0v) is 12.4. The molecule has 0 spiro atoms. The molecular weight excluding hydrogens is 284 g/mol. The SMILES string of the molecule is CCCCc1ccc(-c2ccc(CBr)cc2)cc1. The number of aryl methyl sites for hydroxylation is 1. The van der Waals surface area contributed by atoms with E-state index in [0.29, 0.717) is 0 Å². The first-order valence-corrected chi connectivity index (χ1v) is 7.70. The molecule has 2 rings (SSSR count). The summed E-state index contributed by atoms with van der Waals surface area (Å²) in [6.45, 7) is 2.24. The highest BCUT2D eigenvalue weighted by Gasteiger charge is 1.98. The Morgan fingerprint density at radius 1 is 0.778 bits per heavy atom. The Morgan fingerprint density at radius 2 is 1.28 bits per heavy atom. The highest BCUT2D eigenvalue weighted by Crippen LogP contribution is 2.21. The van der Waals surface area contributed by atoms with Crippen LogP contribution in [0.25, 0.3) is 11.1 Å². The van der Waals surface area contributed by atoms with Gasteiger partial charge in [-0.25, -0.2) is 0 Å². The highest BCUT2D eigenvalue weighted by molar-refractivity contribution is 9.08. The topological polar surface area (TPSA) is 0 Å². The molecule has 0 aromatic heterocycles. The maximum absolute atomic E-state index is 3.47. The van der Waals surface area contributed by atoms with Crippen LogP contribution in [0.2, 0.25) is 0 Å². The Hall–Kier alpha value is -1.08. The molecule has 0 N–H and O–H groups in total. The molecule has 2 aromatic carbocycles. The van der Waals surface area contributed by atoms with Gasteiger partial charge in [-0.15, -0.1) is 0 Å². The maximum atomic E-state index is 3.47. The average Bonchev–Trinajstić information content (AvgIpc) is 2.46. The molecule has 0 heterocycles. The normalized spacial score (nSPS) is 10.6. The fourth-order valence-electron chi connectivity index (χ4n) is 2.03. The van der Waals surface area contributed by atoms with Gasteiger partial charge in [0.1, 0.15) is 0 Å². The number of unbranched alkanes of at least 4 members (excludes halogenated alkanes) is 1. The molecule has 0 amide bonds. The zero-order valence-electron chi connectivity index (χ0n) is 10.8. The Morgan fingerprint density at radius 3 is 1.72 bits per heavy atom. The van der Waals surface area contributed by atoms with E-state index in [1.807, 2.05) is 0 Å². The second-order valence-corrected chi connectivity index (χ2v) is 5.19. The lowest BCUT2D eigenvalue weighted by Gasteiger charge is -2.05. The summed E-state index contributed by atoms with van der Waals surface area (Å²) in [5.41, 5.74) is 5.36. The third-order valence-corrected chi connectivity index (χ3v) is 3.86. The summed E-state index contributed by atoms with van der Waals surface area (Å²) in [4.78, 5) is 0. The number of hydrogen-bond donors (Lipinski definition) is 0. The second-order valence-electron chi connectivity index (χ2n) is 4.63. The van der Waals surface area contributed by atoms with Gasteiger partial charge in [0, 0.05) is 5.33 Å². The van der Waals surface area contributed by atoms with Crippen LogP contribution in [0, 0.1) is 0 Å². The molecule has 0 unspecified atom stereocenters. The van der Waals surface area contributed by atoms with Crippen LogP contribution in [0.5, 0.6) is 0 Å². The first-order valence-electron chi connectivity index (χ1n) is 6.57. The lowest BCUT2D eigenvalue weighted by Crippen LogP contribution is -1.85. The first-order chi connectivity index (χ1) is 8.83. The molecule has 0 nitrogen and oxygen atoms in total. The molecule has 18 heavy (non-hydrogen) atoms. The number of rotatable bonds is 5. The molecular formula is C17H19Br. The van der Waals surface area contributed by atoms with E-state index in [1.165, 1.54) is 41.5 Å². The fourth-order valence-corrected chi connectivity index (χ4v) is 2.40. The Labute approximate surface area is 118 Å². The Bertz CT molecular complexity index is 468. The molecule has 0 saturated carbocycles. The van der Waals surface area contributed by atoms with Crippen molar-refractivity contribution in [3.8, 4) is 11.1 Å². The summed E-state index contributed by atoms with van der Waals surface area (Å²) in [5, 5.41) is 0.920. The standard InChI is InChI=1S/C17H19Br/c1-2-3-4-14-5-9-16(10-6-14)17-11-7-15(13-18)8-12-17/h5-12H,2-4,13H2,1H3. The van der Waals surface area contributed by atoms with E-state index in [-0.39, 0.29) is 0 Å². The van der Waals surface area contributed by atoms with Gasteiger partial charge in [0.05, 0.1) is 0 Å². The van der Waals surface area contributed by atoms with Crippen molar-refractivity contribution in [1.29, 1.82) is 0 Å². The molecule has 1 heteroatoms. The quantitative estimate of drug-likeness (QED) is 0.631. The van der Waals surface area contributed by atoms with Crippen molar-refractivity contribution in [2.45, 2.75) is 31.5 Å². The minimum Gasteiger partial charge on any atom is -0.0876 e. The average molecular weight is 303 g/mol. The van der Waals surface area contributed by atoms with Crippen LogP contribution in [0.4, 0.5) is 0 Å². The molecule has 0 radical (unpaired) electrons. The molecule has 0 fully saturated rings. The maximum Gasteiger partial charge on any atom is 0.0283 e. The second kappa shape index (κ2) is 6.75. The van der Waals surface area contributed by atoms with Crippen LogP contribution >= 0.6 is 15.9 Å². The van der Waals surface area contributed by atoms with Gasteiger partial charge in [-0.05, 0) is 35.1 Å². The van der Waals surface area contributed by atoms with E-state index in [4.69, 9.17) is 0 Å². The largest absolute Gasteiger partial charge is 0.0876 e. The van der Waals surface area contributed by atoms with Gasteiger partial charge < -0.3 is 0 Å². The summed E-state index contributed by atoms with van der Waals surface area (Å²) in [7, 11) is 0. The van der Waals surface area contributed by atoms with Gasteiger partial charge in [-0.3, -0.25) is 0 Å². The predicted molar refractivity (Wildman–Crippen MR) is 83.1 cm³/mol. The van der Waals surface area contributed by atoms with E-state index in [9.17, 15) is 0 Å². The van der Waals surface area contributed by atoms with Crippen molar-refractivity contribution >= 4 is 15.9 Å². The third-order valence-electron chi connectivity index (χ3n) is 3.21. The van der Waals surface area contributed by atoms with Crippen LogP contribution in [0.1, 0.15) is 30.9 Å². The molecule has 0 bridgehead atoms.